The molecule has 0 bridgehead atoms. The molecule has 5 rings (SSSR count). The second-order valence-electron chi connectivity index (χ2n) is 8.16. The largest absolute Gasteiger partial charge is 0.399 e. The SMILES string of the molecule is CC1(C)c2ccccc2-c2ccc(N(c3ccccc3)c3ccc(N)cc3)cc21. The Morgan fingerprint density at radius 2 is 1.17 bits per heavy atom. The van der Waals surface area contributed by atoms with E-state index in [-0.39, 0.29) is 5.41 Å². The predicted molar refractivity (Wildman–Crippen MR) is 123 cm³/mol. The summed E-state index contributed by atoms with van der Waals surface area (Å²) in [6, 6.07) is 34.1. The van der Waals surface area contributed by atoms with Gasteiger partial charge >= 0.3 is 0 Å². The Morgan fingerprint density at radius 1 is 0.586 bits per heavy atom. The predicted octanol–water partition coefficient (Wildman–Crippen LogP) is 7.04. The molecular weight excluding hydrogens is 352 g/mol. The van der Waals surface area contributed by atoms with Crippen molar-refractivity contribution < 1.29 is 0 Å². The Morgan fingerprint density at radius 3 is 1.93 bits per heavy atom. The first-order valence-corrected chi connectivity index (χ1v) is 10.0. The maximum Gasteiger partial charge on any atom is 0.0465 e. The molecule has 0 aromatic heterocycles. The van der Waals surface area contributed by atoms with E-state index >= 15 is 0 Å². The Hall–Kier alpha value is -3.52. The monoisotopic (exact) mass is 376 g/mol. The van der Waals surface area contributed by atoms with Crippen LogP contribution in [0.3, 0.4) is 0 Å². The summed E-state index contributed by atoms with van der Waals surface area (Å²) in [6.45, 7) is 4.63. The molecule has 1 aliphatic carbocycles. The highest BCUT2D eigenvalue weighted by molar-refractivity contribution is 5.85. The molecule has 2 heteroatoms. The van der Waals surface area contributed by atoms with Crippen molar-refractivity contribution in [3.05, 3.63) is 108 Å². The lowest BCUT2D eigenvalue weighted by Crippen LogP contribution is -2.16. The minimum atomic E-state index is -0.0224. The molecule has 0 saturated heterocycles. The van der Waals surface area contributed by atoms with Gasteiger partial charge in [0.05, 0.1) is 0 Å². The van der Waals surface area contributed by atoms with E-state index in [1.807, 2.05) is 18.2 Å². The second kappa shape index (κ2) is 6.52. The first kappa shape index (κ1) is 17.6. The summed E-state index contributed by atoms with van der Waals surface area (Å²) in [7, 11) is 0. The van der Waals surface area contributed by atoms with Gasteiger partial charge in [0.25, 0.3) is 0 Å². The van der Waals surface area contributed by atoms with E-state index in [2.05, 4.69) is 97.6 Å². The molecule has 0 saturated carbocycles. The molecule has 2 N–H and O–H groups in total. The van der Waals surface area contributed by atoms with Crippen molar-refractivity contribution in [3.63, 3.8) is 0 Å². The standard InChI is InChI=1S/C27H24N2/c1-27(2)25-11-7-6-10-23(25)24-17-16-22(18-26(24)27)29(20-8-4-3-5-9-20)21-14-12-19(28)13-15-21/h3-18H,28H2,1-2H3. The van der Waals surface area contributed by atoms with Crippen LogP contribution < -0.4 is 10.6 Å². The van der Waals surface area contributed by atoms with E-state index in [0.717, 1.165) is 22.7 Å². The van der Waals surface area contributed by atoms with Crippen molar-refractivity contribution in [1.29, 1.82) is 0 Å². The summed E-state index contributed by atoms with van der Waals surface area (Å²) >= 11 is 0. The molecule has 2 nitrogen and oxygen atoms in total. The quantitative estimate of drug-likeness (QED) is 0.388. The normalized spacial score (nSPS) is 13.6. The third-order valence-electron chi connectivity index (χ3n) is 5.99. The average Bonchev–Trinajstić information content (AvgIpc) is 2.98. The van der Waals surface area contributed by atoms with Gasteiger partial charge < -0.3 is 10.6 Å². The maximum absolute atomic E-state index is 5.94. The third kappa shape index (κ3) is 2.80. The van der Waals surface area contributed by atoms with Crippen LogP contribution in [0.4, 0.5) is 22.7 Å². The summed E-state index contributed by atoms with van der Waals surface area (Å²) in [4.78, 5) is 2.29. The lowest BCUT2D eigenvalue weighted by molar-refractivity contribution is 0.660. The van der Waals surface area contributed by atoms with Crippen LogP contribution >= 0.6 is 0 Å². The van der Waals surface area contributed by atoms with Crippen LogP contribution in [0.25, 0.3) is 11.1 Å². The van der Waals surface area contributed by atoms with Crippen LogP contribution in [-0.2, 0) is 5.41 Å². The fourth-order valence-corrected chi connectivity index (χ4v) is 4.48. The van der Waals surface area contributed by atoms with E-state index in [1.165, 1.54) is 22.3 Å². The van der Waals surface area contributed by atoms with E-state index in [1.54, 1.807) is 0 Å². The number of nitrogen functional groups attached to an aromatic ring is 1. The summed E-state index contributed by atoms with van der Waals surface area (Å²) in [6.07, 6.45) is 0. The number of benzene rings is 4. The molecule has 0 radical (unpaired) electrons. The Bertz CT molecular complexity index is 1170. The number of para-hydroxylation sites is 1. The van der Waals surface area contributed by atoms with Gasteiger partial charge in [-0.25, -0.2) is 0 Å². The van der Waals surface area contributed by atoms with Crippen molar-refractivity contribution in [2.24, 2.45) is 0 Å². The van der Waals surface area contributed by atoms with Crippen LogP contribution in [0.2, 0.25) is 0 Å². The van der Waals surface area contributed by atoms with E-state index < -0.39 is 0 Å². The zero-order chi connectivity index (χ0) is 20.0. The first-order valence-electron chi connectivity index (χ1n) is 10.0. The van der Waals surface area contributed by atoms with E-state index in [0.29, 0.717) is 0 Å². The molecule has 1 aliphatic rings. The lowest BCUT2D eigenvalue weighted by atomic mass is 9.82. The highest BCUT2D eigenvalue weighted by Crippen LogP contribution is 2.50. The number of hydrogen-bond donors (Lipinski definition) is 1. The van der Waals surface area contributed by atoms with Crippen LogP contribution in [0.15, 0.2) is 97.1 Å². The van der Waals surface area contributed by atoms with Crippen molar-refractivity contribution >= 4 is 22.7 Å². The van der Waals surface area contributed by atoms with Gasteiger partial charge in [0, 0.05) is 28.2 Å². The van der Waals surface area contributed by atoms with E-state index in [9.17, 15) is 0 Å². The van der Waals surface area contributed by atoms with Gasteiger partial charge in [-0.2, -0.15) is 0 Å². The second-order valence-corrected chi connectivity index (χ2v) is 8.16. The molecule has 29 heavy (non-hydrogen) atoms. The molecule has 4 aromatic rings. The highest BCUT2D eigenvalue weighted by atomic mass is 15.1. The van der Waals surface area contributed by atoms with Crippen LogP contribution in [-0.4, -0.2) is 0 Å². The molecular formula is C27H24N2. The van der Waals surface area contributed by atoms with Crippen LogP contribution in [0, 0.1) is 0 Å². The van der Waals surface area contributed by atoms with Gasteiger partial charge in [0.1, 0.15) is 0 Å². The molecule has 4 aromatic carbocycles. The summed E-state index contributed by atoms with van der Waals surface area (Å²) < 4.78 is 0. The van der Waals surface area contributed by atoms with Crippen molar-refractivity contribution in [3.8, 4) is 11.1 Å². The number of anilines is 4. The molecule has 0 amide bonds. The number of fused-ring (bicyclic) bond motifs is 3. The fraction of sp³-hybridized carbons (Fsp3) is 0.111. The van der Waals surface area contributed by atoms with Gasteiger partial charge in [-0.3, -0.25) is 0 Å². The zero-order valence-electron chi connectivity index (χ0n) is 16.8. The minimum Gasteiger partial charge on any atom is -0.399 e. The molecule has 0 fully saturated rings. The minimum absolute atomic E-state index is 0.0224. The Balaban J connectivity index is 1.69. The molecule has 0 unspecified atom stereocenters. The molecule has 142 valence electrons. The van der Waals surface area contributed by atoms with Crippen molar-refractivity contribution in [2.45, 2.75) is 19.3 Å². The van der Waals surface area contributed by atoms with Gasteiger partial charge in [0.2, 0.25) is 0 Å². The van der Waals surface area contributed by atoms with Gasteiger partial charge in [0.15, 0.2) is 0 Å². The number of rotatable bonds is 3. The highest BCUT2D eigenvalue weighted by Gasteiger charge is 2.35. The van der Waals surface area contributed by atoms with E-state index in [4.69, 9.17) is 5.73 Å². The topological polar surface area (TPSA) is 29.3 Å². The van der Waals surface area contributed by atoms with Gasteiger partial charge in [-0.15, -0.1) is 0 Å². The smallest absolute Gasteiger partial charge is 0.0465 e. The van der Waals surface area contributed by atoms with Crippen LogP contribution in [0.1, 0.15) is 25.0 Å². The first-order chi connectivity index (χ1) is 14.1. The summed E-state index contributed by atoms with van der Waals surface area (Å²) in [5, 5.41) is 0. The summed E-state index contributed by atoms with van der Waals surface area (Å²) in [5.41, 5.74) is 15.5. The zero-order valence-corrected chi connectivity index (χ0v) is 16.8. The summed E-state index contributed by atoms with van der Waals surface area (Å²) in [5.74, 6) is 0. The lowest BCUT2D eigenvalue weighted by Gasteiger charge is -2.28. The number of nitrogens with zero attached hydrogens (tertiary/aromatic N) is 1. The number of hydrogen-bond acceptors (Lipinski definition) is 2. The van der Waals surface area contributed by atoms with Gasteiger partial charge in [-0.1, -0.05) is 62.4 Å². The molecule has 0 spiro atoms. The molecule has 0 heterocycles. The fourth-order valence-electron chi connectivity index (χ4n) is 4.48. The molecule has 0 atom stereocenters. The number of nitrogens with two attached hydrogens (primary N) is 1. The average molecular weight is 377 g/mol. The molecule has 0 aliphatic heterocycles. The Labute approximate surface area is 172 Å². The van der Waals surface area contributed by atoms with Gasteiger partial charge in [-0.05, 0) is 70.8 Å². The van der Waals surface area contributed by atoms with Crippen molar-refractivity contribution in [1.82, 2.24) is 0 Å². The van der Waals surface area contributed by atoms with Crippen molar-refractivity contribution in [2.75, 3.05) is 10.6 Å². The Kier molecular flexibility index (Phi) is 3.95. The maximum atomic E-state index is 5.94. The third-order valence-corrected chi connectivity index (χ3v) is 5.99. The van der Waals surface area contributed by atoms with Crippen LogP contribution in [0.5, 0.6) is 0 Å².